The van der Waals surface area contributed by atoms with E-state index < -0.39 is 0 Å². The number of rotatable bonds is 5. The summed E-state index contributed by atoms with van der Waals surface area (Å²) >= 11 is 0. The number of furan rings is 1. The van der Waals surface area contributed by atoms with Gasteiger partial charge < -0.3 is 9.32 Å². The molecule has 0 N–H and O–H groups in total. The molecule has 2 heteroatoms. The third kappa shape index (κ3) is 4.05. The Balaban J connectivity index is 1.39. The Morgan fingerprint density at radius 3 is 1.62 bits per heavy atom. The van der Waals surface area contributed by atoms with Gasteiger partial charge in [-0.2, -0.15) is 0 Å². The van der Waals surface area contributed by atoms with Crippen molar-refractivity contribution >= 4 is 49.8 Å². The molecule has 0 saturated carbocycles. The van der Waals surface area contributed by atoms with Crippen LogP contribution >= 0.6 is 0 Å². The lowest BCUT2D eigenvalue weighted by molar-refractivity contribution is 0.670. The molecule has 198 valence electrons. The first kappa shape index (κ1) is 24.2. The molecule has 1 aromatic heterocycles. The molecule has 8 aromatic rings. The third-order valence-corrected chi connectivity index (χ3v) is 8.04. The van der Waals surface area contributed by atoms with Gasteiger partial charge in [0.25, 0.3) is 0 Å². The molecule has 42 heavy (non-hydrogen) atoms. The lowest BCUT2D eigenvalue weighted by Crippen LogP contribution is -2.09. The van der Waals surface area contributed by atoms with E-state index in [1.165, 1.54) is 21.9 Å². The van der Waals surface area contributed by atoms with Crippen LogP contribution in [0, 0.1) is 0 Å². The Kier molecular flexibility index (Phi) is 5.82. The quantitative estimate of drug-likeness (QED) is 0.217. The van der Waals surface area contributed by atoms with Crippen LogP contribution in [0.5, 0.6) is 0 Å². The third-order valence-electron chi connectivity index (χ3n) is 8.04. The molecule has 0 spiro atoms. The van der Waals surface area contributed by atoms with E-state index in [9.17, 15) is 0 Å². The van der Waals surface area contributed by atoms with Crippen LogP contribution in [-0.4, -0.2) is 0 Å². The minimum Gasteiger partial charge on any atom is -0.453 e. The fourth-order valence-electron chi connectivity index (χ4n) is 6.08. The molecule has 0 fully saturated rings. The molecular weight excluding hydrogens is 510 g/mol. The zero-order chi connectivity index (χ0) is 27.9. The minimum absolute atomic E-state index is 0.873. The maximum absolute atomic E-state index is 6.97. The van der Waals surface area contributed by atoms with Crippen molar-refractivity contribution in [2.75, 3.05) is 4.90 Å². The van der Waals surface area contributed by atoms with Crippen molar-refractivity contribution in [1.82, 2.24) is 0 Å². The van der Waals surface area contributed by atoms with Gasteiger partial charge in [-0.15, -0.1) is 0 Å². The fourth-order valence-corrected chi connectivity index (χ4v) is 6.08. The second-order valence-electron chi connectivity index (χ2n) is 10.6. The van der Waals surface area contributed by atoms with Gasteiger partial charge in [-0.05, 0) is 63.9 Å². The van der Waals surface area contributed by atoms with Crippen LogP contribution < -0.4 is 4.90 Å². The summed E-state index contributed by atoms with van der Waals surface area (Å²) in [6, 6.07) is 57.7. The van der Waals surface area contributed by atoms with Gasteiger partial charge in [-0.25, -0.2) is 0 Å². The van der Waals surface area contributed by atoms with E-state index in [1.54, 1.807) is 0 Å². The van der Waals surface area contributed by atoms with Crippen molar-refractivity contribution in [3.8, 4) is 22.3 Å². The van der Waals surface area contributed by atoms with E-state index in [2.05, 4.69) is 169 Å². The van der Waals surface area contributed by atoms with Gasteiger partial charge in [-0.1, -0.05) is 127 Å². The van der Waals surface area contributed by atoms with Gasteiger partial charge in [-0.3, -0.25) is 0 Å². The molecule has 0 radical (unpaired) electrons. The zero-order valence-corrected chi connectivity index (χ0v) is 22.9. The first-order valence-electron chi connectivity index (χ1n) is 14.3. The highest BCUT2D eigenvalue weighted by molar-refractivity contribution is 6.20. The molecule has 1 heterocycles. The molecule has 0 unspecified atom stereocenters. The van der Waals surface area contributed by atoms with Crippen LogP contribution in [0.3, 0.4) is 0 Å². The van der Waals surface area contributed by atoms with Crippen molar-refractivity contribution in [3.63, 3.8) is 0 Å². The average Bonchev–Trinajstić information content (AvgIpc) is 3.44. The van der Waals surface area contributed by atoms with Crippen molar-refractivity contribution in [1.29, 1.82) is 0 Å². The van der Waals surface area contributed by atoms with Crippen LogP contribution in [0.1, 0.15) is 0 Å². The van der Waals surface area contributed by atoms with E-state index in [1.807, 2.05) is 0 Å². The summed E-state index contributed by atoms with van der Waals surface area (Å²) in [5.74, 6) is 0. The van der Waals surface area contributed by atoms with Crippen molar-refractivity contribution in [2.24, 2.45) is 0 Å². The Bertz CT molecular complexity index is 2120. The topological polar surface area (TPSA) is 16.4 Å². The molecule has 7 aromatic carbocycles. The second kappa shape index (κ2) is 10.1. The monoisotopic (exact) mass is 537 g/mol. The summed E-state index contributed by atoms with van der Waals surface area (Å²) in [5.41, 5.74) is 9.62. The Labute approximate surface area is 244 Å². The number of nitrogens with zero attached hydrogens (tertiary/aromatic N) is 1. The van der Waals surface area contributed by atoms with Gasteiger partial charge in [0.2, 0.25) is 0 Å². The fraction of sp³-hybridized carbons (Fsp3) is 0. The highest BCUT2D eigenvalue weighted by atomic mass is 16.3. The number of fused-ring (bicyclic) bond motifs is 4. The van der Waals surface area contributed by atoms with Crippen LogP contribution in [0.25, 0.3) is 55.0 Å². The molecule has 0 saturated heterocycles. The van der Waals surface area contributed by atoms with Gasteiger partial charge in [0.15, 0.2) is 5.58 Å². The minimum atomic E-state index is 0.873. The molecular formula is C40H27NO. The maximum atomic E-state index is 6.97. The van der Waals surface area contributed by atoms with E-state index in [4.69, 9.17) is 4.42 Å². The summed E-state index contributed by atoms with van der Waals surface area (Å²) in [7, 11) is 0. The Morgan fingerprint density at radius 2 is 0.929 bits per heavy atom. The number of anilines is 3. The number of hydrogen-bond donors (Lipinski definition) is 0. The lowest BCUT2D eigenvalue weighted by Gasteiger charge is -2.25. The summed E-state index contributed by atoms with van der Waals surface area (Å²) in [4.78, 5) is 2.28. The number of para-hydroxylation sites is 3. The van der Waals surface area contributed by atoms with Gasteiger partial charge in [0, 0.05) is 27.7 Å². The van der Waals surface area contributed by atoms with E-state index in [0.717, 1.165) is 50.1 Å². The molecule has 0 atom stereocenters. The van der Waals surface area contributed by atoms with Gasteiger partial charge in [0.1, 0.15) is 5.58 Å². The Hall–Kier alpha value is -5.60. The molecule has 0 bridgehead atoms. The highest BCUT2D eigenvalue weighted by Gasteiger charge is 2.22. The number of hydrogen-bond acceptors (Lipinski definition) is 2. The van der Waals surface area contributed by atoms with E-state index >= 15 is 0 Å². The summed E-state index contributed by atoms with van der Waals surface area (Å²) in [6.45, 7) is 0. The summed E-state index contributed by atoms with van der Waals surface area (Å²) < 4.78 is 6.97. The summed E-state index contributed by atoms with van der Waals surface area (Å²) in [6.07, 6.45) is 0. The SMILES string of the molecule is c1ccc(-c2ccc(-c3c4ccccc4cc4c3oc3c(N(c5ccccc5)c5ccccc5)cccc34)cc2)cc1. The predicted octanol–water partition coefficient (Wildman–Crippen LogP) is 11.5. The van der Waals surface area contributed by atoms with E-state index in [0.29, 0.717) is 0 Å². The van der Waals surface area contributed by atoms with Crippen LogP contribution in [0.2, 0.25) is 0 Å². The second-order valence-corrected chi connectivity index (χ2v) is 10.6. The largest absolute Gasteiger partial charge is 0.453 e. The predicted molar refractivity (Wildman–Crippen MR) is 177 cm³/mol. The molecule has 0 aliphatic heterocycles. The van der Waals surface area contributed by atoms with Crippen LogP contribution in [0.4, 0.5) is 17.1 Å². The van der Waals surface area contributed by atoms with Crippen molar-refractivity contribution in [2.45, 2.75) is 0 Å². The highest BCUT2D eigenvalue weighted by Crippen LogP contribution is 2.46. The lowest BCUT2D eigenvalue weighted by atomic mass is 9.94. The van der Waals surface area contributed by atoms with E-state index in [-0.39, 0.29) is 0 Å². The molecule has 0 aliphatic rings. The standard InChI is InChI=1S/C40H27NO/c1-4-13-28(14-5-1)29-23-25-30(26-24-29)38-34-20-11-10-15-31(34)27-36-35-21-12-22-37(39(35)42-40(36)38)41(32-16-6-2-7-17-32)33-18-8-3-9-19-33/h1-27H. The first-order valence-corrected chi connectivity index (χ1v) is 14.3. The van der Waals surface area contributed by atoms with Crippen molar-refractivity contribution < 1.29 is 4.42 Å². The molecule has 2 nitrogen and oxygen atoms in total. The van der Waals surface area contributed by atoms with Crippen LogP contribution in [-0.2, 0) is 0 Å². The van der Waals surface area contributed by atoms with Crippen LogP contribution in [0.15, 0.2) is 168 Å². The van der Waals surface area contributed by atoms with Gasteiger partial charge >= 0.3 is 0 Å². The molecule has 8 rings (SSSR count). The molecule has 0 amide bonds. The number of benzene rings is 7. The van der Waals surface area contributed by atoms with Crippen molar-refractivity contribution in [3.05, 3.63) is 164 Å². The van der Waals surface area contributed by atoms with Gasteiger partial charge in [0.05, 0.1) is 5.69 Å². The molecule has 0 aliphatic carbocycles. The Morgan fingerprint density at radius 1 is 0.381 bits per heavy atom. The first-order chi connectivity index (χ1) is 20.8. The summed E-state index contributed by atoms with van der Waals surface area (Å²) in [5, 5.41) is 4.60. The maximum Gasteiger partial charge on any atom is 0.159 e. The average molecular weight is 538 g/mol. The zero-order valence-electron chi connectivity index (χ0n) is 22.9. The normalized spacial score (nSPS) is 11.3. The smallest absolute Gasteiger partial charge is 0.159 e.